The Bertz CT molecular complexity index is 894. The summed E-state index contributed by atoms with van der Waals surface area (Å²) in [6, 6.07) is 6.38. The molecule has 0 aliphatic heterocycles. The number of halogens is 5. The van der Waals surface area contributed by atoms with E-state index in [2.05, 4.69) is 5.32 Å². The lowest BCUT2D eigenvalue weighted by Gasteiger charge is -2.22. The first-order valence-corrected chi connectivity index (χ1v) is 9.13. The Balaban J connectivity index is 2.06. The van der Waals surface area contributed by atoms with Gasteiger partial charge < -0.3 is 10.2 Å². The number of rotatable bonds is 7. The van der Waals surface area contributed by atoms with E-state index >= 15 is 0 Å². The predicted molar refractivity (Wildman–Crippen MR) is 102 cm³/mol. The summed E-state index contributed by atoms with van der Waals surface area (Å²) in [4.78, 5) is 26.0. The lowest BCUT2D eigenvalue weighted by Crippen LogP contribution is -2.39. The van der Waals surface area contributed by atoms with E-state index in [9.17, 15) is 22.8 Å². The molecule has 0 aliphatic carbocycles. The molecule has 28 heavy (non-hydrogen) atoms. The van der Waals surface area contributed by atoms with Crippen molar-refractivity contribution >= 4 is 40.7 Å². The first-order chi connectivity index (χ1) is 13.2. The summed E-state index contributed by atoms with van der Waals surface area (Å²) in [5.74, 6) is -5.63. The summed E-state index contributed by atoms with van der Waals surface area (Å²) in [5.41, 5.74) is 0.116. The van der Waals surface area contributed by atoms with Crippen molar-refractivity contribution in [2.24, 2.45) is 0 Å². The summed E-state index contributed by atoms with van der Waals surface area (Å²) < 4.78 is 39.9. The van der Waals surface area contributed by atoms with Crippen molar-refractivity contribution in [3.63, 3.8) is 0 Å². The van der Waals surface area contributed by atoms with Crippen molar-refractivity contribution < 1.29 is 22.8 Å². The number of hydrogen-bond donors (Lipinski definition) is 1. The first kappa shape index (κ1) is 22.0. The van der Waals surface area contributed by atoms with Crippen molar-refractivity contribution in [1.29, 1.82) is 0 Å². The van der Waals surface area contributed by atoms with Gasteiger partial charge in [-0.3, -0.25) is 9.59 Å². The summed E-state index contributed by atoms with van der Waals surface area (Å²) in [6.07, 6.45) is 0.573. The third kappa shape index (κ3) is 5.62. The molecule has 4 nitrogen and oxygen atoms in total. The van der Waals surface area contributed by atoms with Crippen molar-refractivity contribution in [3.05, 3.63) is 63.4 Å². The molecule has 0 radical (unpaired) electrons. The fourth-order valence-electron chi connectivity index (χ4n) is 2.48. The van der Waals surface area contributed by atoms with Gasteiger partial charge >= 0.3 is 0 Å². The van der Waals surface area contributed by atoms with Crippen molar-refractivity contribution in [2.45, 2.75) is 19.8 Å². The third-order valence-corrected chi connectivity index (χ3v) is 4.57. The second-order valence-corrected chi connectivity index (χ2v) is 6.83. The van der Waals surface area contributed by atoms with E-state index in [0.29, 0.717) is 28.1 Å². The van der Waals surface area contributed by atoms with Gasteiger partial charge in [-0.2, -0.15) is 0 Å². The van der Waals surface area contributed by atoms with Gasteiger partial charge in [-0.15, -0.1) is 0 Å². The fourth-order valence-corrected chi connectivity index (χ4v) is 2.80. The zero-order valence-corrected chi connectivity index (χ0v) is 16.4. The molecule has 2 aromatic carbocycles. The zero-order chi connectivity index (χ0) is 20.8. The van der Waals surface area contributed by atoms with Crippen LogP contribution < -0.4 is 5.32 Å². The quantitative estimate of drug-likeness (QED) is 0.636. The highest BCUT2D eigenvalue weighted by molar-refractivity contribution is 6.42. The number of carbonyl (C=O) groups is 2. The fraction of sp³-hybridized carbons (Fsp3) is 0.263. The van der Waals surface area contributed by atoms with E-state index in [4.69, 9.17) is 23.2 Å². The average Bonchev–Trinajstić information content (AvgIpc) is 2.65. The van der Waals surface area contributed by atoms with Crippen molar-refractivity contribution in [3.8, 4) is 0 Å². The molecule has 0 fully saturated rings. The molecule has 0 spiro atoms. The standard InChI is InChI=1S/C19H17Cl2F3N2O2/c1-2-7-26(17(28)9-11-3-4-12(20)13(21)8-11)10-16(27)25-15-6-5-14(22)18(23)19(15)24/h3-6,8H,2,7,9-10H2,1H3,(H,25,27). The Morgan fingerprint density at radius 3 is 2.39 bits per heavy atom. The molecule has 150 valence electrons. The lowest BCUT2D eigenvalue weighted by molar-refractivity contribution is -0.134. The Labute approximate surface area is 170 Å². The molecule has 0 unspecified atom stereocenters. The van der Waals surface area contributed by atoms with Crippen LogP contribution in [-0.2, 0) is 16.0 Å². The zero-order valence-electron chi connectivity index (χ0n) is 14.9. The van der Waals surface area contributed by atoms with Crippen molar-refractivity contribution in [2.75, 3.05) is 18.4 Å². The van der Waals surface area contributed by atoms with Gasteiger partial charge in [-0.1, -0.05) is 36.2 Å². The average molecular weight is 433 g/mol. The minimum absolute atomic E-state index is 0.0102. The van der Waals surface area contributed by atoms with E-state index in [1.54, 1.807) is 18.2 Å². The van der Waals surface area contributed by atoms with Gasteiger partial charge in [0.15, 0.2) is 17.5 Å². The van der Waals surface area contributed by atoms with Gasteiger partial charge in [0.25, 0.3) is 0 Å². The number of benzene rings is 2. The minimum Gasteiger partial charge on any atom is -0.333 e. The number of nitrogens with one attached hydrogen (secondary N) is 1. The number of hydrogen-bond acceptors (Lipinski definition) is 2. The normalized spacial score (nSPS) is 10.6. The van der Waals surface area contributed by atoms with E-state index in [-0.39, 0.29) is 25.4 Å². The highest BCUT2D eigenvalue weighted by Gasteiger charge is 2.20. The molecule has 0 heterocycles. The van der Waals surface area contributed by atoms with Crippen LogP contribution in [0.15, 0.2) is 30.3 Å². The largest absolute Gasteiger partial charge is 0.333 e. The van der Waals surface area contributed by atoms with Crippen LogP contribution in [0.1, 0.15) is 18.9 Å². The SMILES string of the molecule is CCCN(CC(=O)Nc1ccc(F)c(F)c1F)C(=O)Cc1ccc(Cl)c(Cl)c1. The van der Waals surface area contributed by atoms with Crippen LogP contribution in [0.3, 0.4) is 0 Å². The van der Waals surface area contributed by atoms with Gasteiger partial charge in [0.2, 0.25) is 11.8 Å². The second-order valence-electron chi connectivity index (χ2n) is 6.01. The van der Waals surface area contributed by atoms with Gasteiger partial charge in [-0.05, 0) is 36.2 Å². The van der Waals surface area contributed by atoms with E-state index in [1.165, 1.54) is 4.90 Å². The summed E-state index contributed by atoms with van der Waals surface area (Å²) in [5, 5.41) is 2.81. The van der Waals surface area contributed by atoms with Crippen LogP contribution in [-0.4, -0.2) is 29.8 Å². The van der Waals surface area contributed by atoms with Crippen LogP contribution in [0.2, 0.25) is 10.0 Å². The van der Waals surface area contributed by atoms with E-state index < -0.39 is 29.0 Å². The Morgan fingerprint density at radius 2 is 1.75 bits per heavy atom. The third-order valence-electron chi connectivity index (χ3n) is 3.83. The van der Waals surface area contributed by atoms with E-state index in [0.717, 1.165) is 6.07 Å². The first-order valence-electron chi connectivity index (χ1n) is 8.38. The molecule has 0 atom stereocenters. The molecule has 2 amide bonds. The maximum absolute atomic E-state index is 13.7. The molecule has 2 rings (SSSR count). The lowest BCUT2D eigenvalue weighted by atomic mass is 10.1. The molecule has 1 N–H and O–H groups in total. The van der Waals surface area contributed by atoms with Gasteiger partial charge in [0.05, 0.1) is 28.7 Å². The molecular formula is C19H17Cl2F3N2O2. The maximum atomic E-state index is 13.7. The van der Waals surface area contributed by atoms with Crippen molar-refractivity contribution in [1.82, 2.24) is 4.90 Å². The highest BCUT2D eigenvalue weighted by atomic mass is 35.5. The van der Waals surface area contributed by atoms with Gasteiger partial charge in [0, 0.05) is 6.54 Å². The Hall–Kier alpha value is -2.25. The van der Waals surface area contributed by atoms with Crippen LogP contribution in [0.25, 0.3) is 0 Å². The number of amides is 2. The Kier molecular flexibility index (Phi) is 7.71. The monoisotopic (exact) mass is 432 g/mol. The summed E-state index contributed by atoms with van der Waals surface area (Å²) in [6.45, 7) is 1.74. The molecule has 0 saturated carbocycles. The Morgan fingerprint density at radius 1 is 1.04 bits per heavy atom. The second kappa shape index (κ2) is 9.80. The minimum atomic E-state index is -1.68. The van der Waals surface area contributed by atoms with Crippen LogP contribution in [0.5, 0.6) is 0 Å². The number of carbonyl (C=O) groups excluding carboxylic acids is 2. The summed E-state index contributed by atoms with van der Waals surface area (Å²) in [7, 11) is 0. The molecule has 0 aromatic heterocycles. The smallest absolute Gasteiger partial charge is 0.244 e. The number of nitrogens with zero attached hydrogens (tertiary/aromatic N) is 1. The molecule has 9 heteroatoms. The molecule has 0 aliphatic rings. The van der Waals surface area contributed by atoms with Crippen LogP contribution >= 0.6 is 23.2 Å². The van der Waals surface area contributed by atoms with Crippen LogP contribution in [0, 0.1) is 17.5 Å². The van der Waals surface area contributed by atoms with E-state index in [1.807, 2.05) is 6.92 Å². The predicted octanol–water partition coefficient (Wildman–Crippen LogP) is 4.83. The van der Waals surface area contributed by atoms with Gasteiger partial charge in [-0.25, -0.2) is 13.2 Å². The summed E-state index contributed by atoms with van der Waals surface area (Å²) >= 11 is 11.8. The molecule has 0 saturated heterocycles. The molecule has 0 bridgehead atoms. The molecular weight excluding hydrogens is 416 g/mol. The number of anilines is 1. The highest BCUT2D eigenvalue weighted by Crippen LogP contribution is 2.23. The topological polar surface area (TPSA) is 49.4 Å². The molecule has 2 aromatic rings. The van der Waals surface area contributed by atoms with Gasteiger partial charge in [0.1, 0.15) is 0 Å². The maximum Gasteiger partial charge on any atom is 0.244 e. The van der Waals surface area contributed by atoms with Crippen LogP contribution in [0.4, 0.5) is 18.9 Å².